The van der Waals surface area contributed by atoms with Gasteiger partial charge in [-0.1, -0.05) is 36.4 Å². The summed E-state index contributed by atoms with van der Waals surface area (Å²) in [5.74, 6) is 0.634. The molecule has 1 aliphatic heterocycles. The second-order valence-corrected chi connectivity index (χ2v) is 8.02. The van der Waals surface area contributed by atoms with Crippen molar-refractivity contribution in [2.24, 2.45) is 4.99 Å². The van der Waals surface area contributed by atoms with Crippen molar-refractivity contribution in [2.45, 2.75) is 33.2 Å². The van der Waals surface area contributed by atoms with Gasteiger partial charge in [-0.05, 0) is 56.0 Å². The number of rotatable bonds is 5. The van der Waals surface area contributed by atoms with Gasteiger partial charge in [0.2, 0.25) is 5.91 Å². The van der Waals surface area contributed by atoms with Gasteiger partial charge in [-0.25, -0.2) is 4.68 Å². The zero-order valence-corrected chi connectivity index (χ0v) is 21.7. The van der Waals surface area contributed by atoms with Crippen LogP contribution in [0.25, 0.3) is 5.69 Å². The highest BCUT2D eigenvalue weighted by Crippen LogP contribution is 2.26. The van der Waals surface area contributed by atoms with Crippen molar-refractivity contribution in [3.8, 4) is 5.69 Å². The Morgan fingerprint density at radius 2 is 1.79 bits per heavy atom. The van der Waals surface area contributed by atoms with Gasteiger partial charge in [0.05, 0.1) is 17.9 Å². The maximum absolute atomic E-state index is 12.9. The fourth-order valence-corrected chi connectivity index (χ4v) is 4.19. The number of halogens is 1. The Hall–Kier alpha value is -2.88. The van der Waals surface area contributed by atoms with Crippen LogP contribution in [0.2, 0.25) is 0 Å². The molecule has 8 heteroatoms. The molecule has 2 N–H and O–H groups in total. The lowest BCUT2D eigenvalue weighted by atomic mass is 10.0. The van der Waals surface area contributed by atoms with Gasteiger partial charge in [0.15, 0.2) is 5.96 Å². The number of anilines is 1. The molecule has 0 unspecified atom stereocenters. The van der Waals surface area contributed by atoms with E-state index in [-0.39, 0.29) is 36.4 Å². The maximum atomic E-state index is 12.9. The fourth-order valence-electron chi connectivity index (χ4n) is 4.19. The molecule has 174 valence electrons. The van der Waals surface area contributed by atoms with Crippen LogP contribution in [0, 0.1) is 13.8 Å². The summed E-state index contributed by atoms with van der Waals surface area (Å²) in [7, 11) is 1.71. The van der Waals surface area contributed by atoms with Gasteiger partial charge in [0, 0.05) is 31.5 Å². The molecule has 2 aromatic carbocycles. The highest BCUT2D eigenvalue weighted by atomic mass is 127. The molecule has 0 spiro atoms. The summed E-state index contributed by atoms with van der Waals surface area (Å²) in [5.41, 5.74) is 6.45. The molecule has 0 radical (unpaired) electrons. The molecule has 0 aliphatic carbocycles. The van der Waals surface area contributed by atoms with Gasteiger partial charge in [-0.2, -0.15) is 5.10 Å². The van der Waals surface area contributed by atoms with E-state index in [1.54, 1.807) is 7.05 Å². The van der Waals surface area contributed by atoms with Crippen LogP contribution in [0.4, 0.5) is 5.69 Å². The van der Waals surface area contributed by atoms with Crippen molar-refractivity contribution in [3.05, 3.63) is 77.1 Å². The van der Waals surface area contributed by atoms with E-state index in [4.69, 9.17) is 0 Å². The Balaban J connectivity index is 0.00000306. The van der Waals surface area contributed by atoms with Crippen molar-refractivity contribution in [1.29, 1.82) is 0 Å². The third-order valence-corrected chi connectivity index (χ3v) is 5.72. The molecule has 2 heterocycles. The van der Waals surface area contributed by atoms with E-state index < -0.39 is 0 Å². The predicted octanol–water partition coefficient (Wildman–Crippen LogP) is 3.75. The number of carbonyl (C=O) groups excluding carboxylic acids is 1. The molecule has 0 bridgehead atoms. The van der Waals surface area contributed by atoms with Crippen LogP contribution in [0.15, 0.2) is 59.6 Å². The molecule has 33 heavy (non-hydrogen) atoms. The third kappa shape index (κ3) is 5.73. The number of amides is 1. The van der Waals surface area contributed by atoms with E-state index in [2.05, 4.69) is 51.9 Å². The highest BCUT2D eigenvalue weighted by molar-refractivity contribution is 14.0. The molecule has 0 saturated heterocycles. The molecule has 7 nitrogen and oxygen atoms in total. The SMILES string of the molecule is CN=C(NCC(=O)N1CCCc2ccccc21)NCc1ccccc1-n1nc(C)cc1C.I. The second-order valence-electron chi connectivity index (χ2n) is 8.02. The van der Waals surface area contributed by atoms with Crippen molar-refractivity contribution >= 4 is 41.5 Å². The first-order valence-electron chi connectivity index (χ1n) is 11.0. The van der Waals surface area contributed by atoms with Crippen molar-refractivity contribution in [2.75, 3.05) is 25.0 Å². The van der Waals surface area contributed by atoms with Gasteiger partial charge in [-0.15, -0.1) is 24.0 Å². The van der Waals surface area contributed by atoms with E-state index in [9.17, 15) is 4.79 Å². The molecule has 1 amide bonds. The third-order valence-electron chi connectivity index (χ3n) is 5.72. The molecule has 1 aliphatic rings. The van der Waals surface area contributed by atoms with Crippen molar-refractivity contribution in [1.82, 2.24) is 20.4 Å². The molecule has 0 saturated carbocycles. The Morgan fingerprint density at radius 3 is 2.52 bits per heavy atom. The summed E-state index contributed by atoms with van der Waals surface area (Å²) in [5, 5.41) is 11.1. The van der Waals surface area contributed by atoms with Crippen LogP contribution < -0.4 is 15.5 Å². The summed E-state index contributed by atoms with van der Waals surface area (Å²) in [4.78, 5) is 19.1. The van der Waals surface area contributed by atoms with Crippen LogP contribution in [0.1, 0.15) is 28.9 Å². The smallest absolute Gasteiger partial charge is 0.246 e. The summed E-state index contributed by atoms with van der Waals surface area (Å²) in [6.07, 6.45) is 2.00. The van der Waals surface area contributed by atoms with Gasteiger partial charge in [0.25, 0.3) is 0 Å². The van der Waals surface area contributed by atoms with E-state index in [1.165, 1.54) is 5.56 Å². The summed E-state index contributed by atoms with van der Waals surface area (Å²) >= 11 is 0. The zero-order valence-electron chi connectivity index (χ0n) is 19.3. The summed E-state index contributed by atoms with van der Waals surface area (Å²) in [6, 6.07) is 18.4. The van der Waals surface area contributed by atoms with Crippen LogP contribution in [0.5, 0.6) is 0 Å². The predicted molar refractivity (Wildman–Crippen MR) is 144 cm³/mol. The lowest BCUT2D eigenvalue weighted by Gasteiger charge is -2.29. The standard InChI is InChI=1S/C25H30N6O.HI/c1-18-15-19(2)31(29-18)23-13-7-5-10-21(23)16-27-25(26-3)28-17-24(32)30-14-8-11-20-9-4-6-12-22(20)30;/h4-7,9-10,12-13,15H,8,11,14,16-17H2,1-3H3,(H2,26,27,28);1H. The molecule has 4 rings (SSSR count). The maximum Gasteiger partial charge on any atom is 0.246 e. The molecule has 0 fully saturated rings. The first-order valence-corrected chi connectivity index (χ1v) is 11.0. The average molecular weight is 558 g/mol. The van der Waals surface area contributed by atoms with Crippen molar-refractivity contribution in [3.63, 3.8) is 0 Å². The van der Waals surface area contributed by atoms with Crippen LogP contribution in [-0.2, 0) is 17.8 Å². The molecular weight excluding hydrogens is 527 g/mol. The first kappa shape index (κ1) is 24.8. The number of nitrogens with one attached hydrogen (secondary N) is 2. The number of benzene rings is 2. The number of aromatic nitrogens is 2. The summed E-state index contributed by atoms with van der Waals surface area (Å²) in [6.45, 7) is 5.55. The van der Waals surface area contributed by atoms with E-state index in [0.29, 0.717) is 12.5 Å². The second kappa shape index (κ2) is 11.3. The number of hydrogen-bond donors (Lipinski definition) is 2. The Bertz CT molecular complexity index is 1140. The number of aliphatic imine (C=N–C) groups is 1. The number of aryl methyl sites for hydroxylation is 3. The Morgan fingerprint density at radius 1 is 1.06 bits per heavy atom. The minimum atomic E-state index is 0. The molecular formula is C25H31IN6O. The lowest BCUT2D eigenvalue weighted by Crippen LogP contribution is -2.46. The van der Waals surface area contributed by atoms with Gasteiger partial charge < -0.3 is 15.5 Å². The minimum Gasteiger partial charge on any atom is -0.352 e. The van der Waals surface area contributed by atoms with Crippen LogP contribution >= 0.6 is 24.0 Å². The number of nitrogens with zero attached hydrogens (tertiary/aromatic N) is 4. The first-order chi connectivity index (χ1) is 15.6. The zero-order chi connectivity index (χ0) is 22.5. The van der Waals surface area contributed by atoms with Gasteiger partial charge in [0.1, 0.15) is 0 Å². The minimum absolute atomic E-state index is 0. The number of hydrogen-bond acceptors (Lipinski definition) is 3. The number of para-hydroxylation sites is 2. The van der Waals surface area contributed by atoms with Gasteiger partial charge in [-0.3, -0.25) is 9.79 Å². The van der Waals surface area contributed by atoms with Crippen molar-refractivity contribution < 1.29 is 4.79 Å². The summed E-state index contributed by atoms with van der Waals surface area (Å²) < 4.78 is 1.96. The average Bonchev–Trinajstić information content (AvgIpc) is 3.16. The molecule has 0 atom stereocenters. The number of carbonyl (C=O) groups is 1. The number of guanidine groups is 1. The topological polar surface area (TPSA) is 74.6 Å². The van der Waals surface area contributed by atoms with E-state index >= 15 is 0 Å². The number of fused-ring (bicyclic) bond motifs is 1. The quantitative estimate of drug-likeness (QED) is 0.284. The monoisotopic (exact) mass is 558 g/mol. The largest absolute Gasteiger partial charge is 0.352 e. The lowest BCUT2D eigenvalue weighted by molar-refractivity contribution is -0.117. The fraction of sp³-hybridized carbons (Fsp3) is 0.320. The Kier molecular flexibility index (Phi) is 8.49. The van der Waals surface area contributed by atoms with E-state index in [1.807, 2.05) is 46.8 Å². The normalized spacial score (nSPS) is 13.2. The highest BCUT2D eigenvalue weighted by Gasteiger charge is 2.22. The van der Waals surface area contributed by atoms with E-state index in [0.717, 1.165) is 47.7 Å². The molecule has 1 aromatic heterocycles. The molecule has 3 aromatic rings. The van der Waals surface area contributed by atoms with Gasteiger partial charge >= 0.3 is 0 Å². The van der Waals surface area contributed by atoms with Crippen LogP contribution in [0.3, 0.4) is 0 Å². The Labute approximate surface area is 212 Å². The van der Waals surface area contributed by atoms with Crippen LogP contribution in [-0.4, -0.2) is 41.8 Å².